The Kier molecular flexibility index (Phi) is 4.52. The number of H-pyrrole nitrogens is 1. The molecule has 1 aliphatic rings. The summed E-state index contributed by atoms with van der Waals surface area (Å²) in [6, 6.07) is 3.89. The molecule has 3 aromatic heterocycles. The minimum absolute atomic E-state index is 0.0634. The van der Waals surface area contributed by atoms with E-state index in [1.807, 2.05) is 12.1 Å². The number of rotatable bonds is 4. The number of amides is 1. The Morgan fingerprint density at radius 3 is 2.96 bits per heavy atom. The van der Waals surface area contributed by atoms with Crippen LogP contribution in [0.4, 0.5) is 0 Å². The standard InChI is InChI=1S/C18H18N4O3S/c1-10-14-16(23)20-9-21-18(14)26-15(10)17(24)22-13-8-25-7-12(13)6-11-2-4-19-5-3-11/h2-5,9,12-13H,6-8H2,1H3,(H,22,24)(H,20,21,23)/t12-,13+/m1/s1. The maximum atomic E-state index is 12.8. The van der Waals surface area contributed by atoms with Crippen molar-refractivity contribution in [2.24, 2.45) is 5.92 Å². The molecule has 26 heavy (non-hydrogen) atoms. The van der Waals surface area contributed by atoms with Crippen LogP contribution in [0.25, 0.3) is 10.2 Å². The highest BCUT2D eigenvalue weighted by Crippen LogP contribution is 2.27. The molecule has 1 fully saturated rings. The summed E-state index contributed by atoms with van der Waals surface area (Å²) < 4.78 is 5.59. The molecule has 0 aliphatic carbocycles. The molecule has 0 bridgehead atoms. The molecule has 0 radical (unpaired) electrons. The average Bonchev–Trinajstić information content (AvgIpc) is 3.21. The van der Waals surface area contributed by atoms with E-state index in [4.69, 9.17) is 4.74 Å². The molecule has 0 spiro atoms. The average molecular weight is 370 g/mol. The Balaban J connectivity index is 1.53. The van der Waals surface area contributed by atoms with Crippen LogP contribution in [0.15, 0.2) is 35.6 Å². The zero-order valence-electron chi connectivity index (χ0n) is 14.2. The van der Waals surface area contributed by atoms with Gasteiger partial charge in [0.2, 0.25) is 0 Å². The van der Waals surface area contributed by atoms with Crippen molar-refractivity contribution in [3.05, 3.63) is 57.2 Å². The number of aromatic amines is 1. The summed E-state index contributed by atoms with van der Waals surface area (Å²) >= 11 is 1.24. The number of ether oxygens (including phenoxy) is 1. The summed E-state index contributed by atoms with van der Waals surface area (Å²) in [6.45, 7) is 2.88. The van der Waals surface area contributed by atoms with Crippen LogP contribution >= 0.6 is 11.3 Å². The number of thiophene rings is 1. The summed E-state index contributed by atoms with van der Waals surface area (Å²) in [4.78, 5) is 36.6. The fourth-order valence-electron chi connectivity index (χ4n) is 3.31. The fraction of sp³-hybridized carbons (Fsp3) is 0.333. The number of aryl methyl sites for hydroxylation is 1. The van der Waals surface area contributed by atoms with Gasteiger partial charge >= 0.3 is 0 Å². The number of fused-ring (bicyclic) bond motifs is 1. The molecular weight excluding hydrogens is 352 g/mol. The van der Waals surface area contributed by atoms with E-state index in [-0.39, 0.29) is 23.4 Å². The Morgan fingerprint density at radius 1 is 1.38 bits per heavy atom. The second-order valence-corrected chi connectivity index (χ2v) is 7.40. The first-order chi connectivity index (χ1) is 12.6. The Hall–Kier alpha value is -2.58. The zero-order valence-corrected chi connectivity index (χ0v) is 15.0. The smallest absolute Gasteiger partial charge is 0.262 e. The van der Waals surface area contributed by atoms with Crippen LogP contribution < -0.4 is 10.9 Å². The van der Waals surface area contributed by atoms with Crippen molar-refractivity contribution in [1.29, 1.82) is 0 Å². The Labute approximate surface area is 153 Å². The predicted octanol–water partition coefficient (Wildman–Crippen LogP) is 1.68. The number of nitrogens with one attached hydrogen (secondary N) is 2. The third kappa shape index (κ3) is 3.13. The van der Waals surface area contributed by atoms with Crippen LogP contribution in [0, 0.1) is 12.8 Å². The van der Waals surface area contributed by atoms with Crippen LogP contribution in [0.3, 0.4) is 0 Å². The monoisotopic (exact) mass is 370 g/mol. The lowest BCUT2D eigenvalue weighted by atomic mass is 9.95. The minimum atomic E-state index is -0.220. The molecule has 8 heteroatoms. The van der Waals surface area contributed by atoms with E-state index < -0.39 is 0 Å². The maximum absolute atomic E-state index is 12.8. The zero-order chi connectivity index (χ0) is 18.1. The first-order valence-electron chi connectivity index (χ1n) is 8.38. The summed E-state index contributed by atoms with van der Waals surface area (Å²) in [5.74, 6) is 0.0256. The molecule has 2 atom stereocenters. The van der Waals surface area contributed by atoms with E-state index in [0.29, 0.717) is 33.9 Å². The highest BCUT2D eigenvalue weighted by molar-refractivity contribution is 7.20. The summed E-state index contributed by atoms with van der Waals surface area (Å²) in [6.07, 6.45) is 5.71. The van der Waals surface area contributed by atoms with Gasteiger partial charge in [-0.3, -0.25) is 14.6 Å². The highest BCUT2D eigenvalue weighted by Gasteiger charge is 2.31. The predicted molar refractivity (Wildman–Crippen MR) is 98.5 cm³/mol. The number of aromatic nitrogens is 3. The quantitative estimate of drug-likeness (QED) is 0.728. The van der Waals surface area contributed by atoms with Crippen LogP contribution in [0.1, 0.15) is 20.8 Å². The first-order valence-corrected chi connectivity index (χ1v) is 9.19. The molecule has 4 heterocycles. The second kappa shape index (κ2) is 6.97. The lowest BCUT2D eigenvalue weighted by molar-refractivity contribution is 0.0928. The molecule has 1 saturated heterocycles. The summed E-state index contributed by atoms with van der Waals surface area (Å²) in [5, 5.41) is 3.56. The summed E-state index contributed by atoms with van der Waals surface area (Å²) in [7, 11) is 0. The van der Waals surface area contributed by atoms with Gasteiger partial charge in [0.05, 0.1) is 35.8 Å². The Bertz CT molecular complexity index is 999. The van der Waals surface area contributed by atoms with Crippen LogP contribution in [-0.2, 0) is 11.2 Å². The third-order valence-electron chi connectivity index (χ3n) is 4.70. The van der Waals surface area contributed by atoms with Crippen molar-refractivity contribution in [1.82, 2.24) is 20.3 Å². The van der Waals surface area contributed by atoms with Crippen molar-refractivity contribution >= 4 is 27.5 Å². The molecule has 4 rings (SSSR count). The van der Waals surface area contributed by atoms with E-state index in [0.717, 1.165) is 6.42 Å². The van der Waals surface area contributed by atoms with Crippen molar-refractivity contribution < 1.29 is 9.53 Å². The van der Waals surface area contributed by atoms with E-state index in [1.165, 1.54) is 23.2 Å². The fourth-order valence-corrected chi connectivity index (χ4v) is 4.36. The van der Waals surface area contributed by atoms with E-state index in [1.54, 1.807) is 19.3 Å². The van der Waals surface area contributed by atoms with Gasteiger partial charge in [-0.15, -0.1) is 11.3 Å². The highest BCUT2D eigenvalue weighted by atomic mass is 32.1. The second-order valence-electron chi connectivity index (χ2n) is 6.41. The van der Waals surface area contributed by atoms with Gasteiger partial charge in [0.25, 0.3) is 11.5 Å². The van der Waals surface area contributed by atoms with Crippen LogP contribution in [0.2, 0.25) is 0 Å². The molecule has 1 aliphatic heterocycles. The molecule has 0 unspecified atom stereocenters. The summed E-state index contributed by atoms with van der Waals surface area (Å²) in [5.41, 5.74) is 1.62. The van der Waals surface area contributed by atoms with Gasteiger partial charge in [-0.1, -0.05) is 0 Å². The van der Waals surface area contributed by atoms with Gasteiger partial charge < -0.3 is 15.0 Å². The van der Waals surface area contributed by atoms with Gasteiger partial charge in [-0.05, 0) is 36.6 Å². The number of carbonyl (C=O) groups excluding carboxylic acids is 1. The molecule has 0 saturated carbocycles. The SMILES string of the molecule is Cc1c(C(=O)N[C@H]2COC[C@H]2Cc2ccncc2)sc2nc[nH]c(=O)c12. The largest absolute Gasteiger partial charge is 0.379 e. The van der Waals surface area contributed by atoms with Crippen molar-refractivity contribution in [3.8, 4) is 0 Å². The molecule has 2 N–H and O–H groups in total. The van der Waals surface area contributed by atoms with Gasteiger partial charge in [0.1, 0.15) is 4.83 Å². The van der Waals surface area contributed by atoms with Gasteiger partial charge in [-0.2, -0.15) is 0 Å². The lowest BCUT2D eigenvalue weighted by Gasteiger charge is -2.19. The molecule has 3 aromatic rings. The number of hydrogen-bond donors (Lipinski definition) is 2. The minimum Gasteiger partial charge on any atom is -0.379 e. The van der Waals surface area contributed by atoms with Crippen molar-refractivity contribution in [2.75, 3.05) is 13.2 Å². The van der Waals surface area contributed by atoms with Gasteiger partial charge in [-0.25, -0.2) is 4.98 Å². The lowest BCUT2D eigenvalue weighted by Crippen LogP contribution is -2.40. The molecule has 1 amide bonds. The first kappa shape index (κ1) is 16.9. The molecule has 7 nitrogen and oxygen atoms in total. The van der Waals surface area contributed by atoms with E-state index >= 15 is 0 Å². The molecule has 0 aromatic carbocycles. The number of pyridine rings is 1. The molecule has 134 valence electrons. The van der Waals surface area contributed by atoms with Gasteiger partial charge in [0, 0.05) is 18.3 Å². The number of nitrogens with zero attached hydrogens (tertiary/aromatic N) is 2. The number of carbonyl (C=O) groups is 1. The normalized spacial score (nSPS) is 19.7. The molecular formula is C18H18N4O3S. The van der Waals surface area contributed by atoms with Crippen molar-refractivity contribution in [3.63, 3.8) is 0 Å². The third-order valence-corrected chi connectivity index (χ3v) is 5.90. The van der Waals surface area contributed by atoms with E-state index in [9.17, 15) is 9.59 Å². The van der Waals surface area contributed by atoms with Crippen molar-refractivity contribution in [2.45, 2.75) is 19.4 Å². The maximum Gasteiger partial charge on any atom is 0.262 e. The Morgan fingerprint density at radius 2 is 2.19 bits per heavy atom. The van der Waals surface area contributed by atoms with Gasteiger partial charge in [0.15, 0.2) is 0 Å². The topological polar surface area (TPSA) is 97.0 Å². The van der Waals surface area contributed by atoms with Crippen LogP contribution in [-0.4, -0.2) is 40.1 Å². The van der Waals surface area contributed by atoms with E-state index in [2.05, 4.69) is 20.3 Å². The number of hydrogen-bond acceptors (Lipinski definition) is 6. The van der Waals surface area contributed by atoms with Crippen LogP contribution in [0.5, 0.6) is 0 Å².